The van der Waals surface area contributed by atoms with E-state index in [9.17, 15) is 0 Å². The van der Waals surface area contributed by atoms with Crippen molar-refractivity contribution in [3.63, 3.8) is 0 Å². The van der Waals surface area contributed by atoms with Crippen molar-refractivity contribution in [2.75, 3.05) is 0 Å². The summed E-state index contributed by atoms with van der Waals surface area (Å²) in [5, 5.41) is 0. The molecule has 0 aromatic heterocycles. The zero-order valence-electron chi connectivity index (χ0n) is 1.77. The molecule has 0 aliphatic heterocycles. The van der Waals surface area contributed by atoms with Crippen molar-refractivity contribution < 1.29 is 35.4 Å². The van der Waals surface area contributed by atoms with Crippen LogP contribution in [0.5, 0.6) is 0 Å². The van der Waals surface area contributed by atoms with Crippen LogP contribution in [0.25, 0.3) is 0 Å². The molecule has 0 nitrogen and oxygen atoms in total. The van der Waals surface area contributed by atoms with E-state index in [0.29, 0.717) is 0 Å². The monoisotopic (exact) mass is 315 g/mol. The van der Waals surface area contributed by atoms with Crippen LogP contribution >= 0.6 is 29.1 Å². The molecule has 0 spiro atoms. The molecule has 0 aromatic carbocycles. The van der Waals surface area contributed by atoms with Gasteiger partial charge in [-0.25, -0.2) is 0 Å². The fraction of sp³-hybridized carbons (Fsp3) is 0. The SMILES string of the molecule is [Ag].[Cl][Rh]([Cl])[Cl]. The number of halogens is 3. The van der Waals surface area contributed by atoms with E-state index in [4.69, 9.17) is 29.1 Å². The molecule has 1 radical (unpaired) electrons. The standard InChI is InChI=1S/Ag.3ClH.Rh/h;3*1H;/q;;;;+3/p-3. The van der Waals surface area contributed by atoms with Gasteiger partial charge in [-0.05, 0) is 0 Å². The summed E-state index contributed by atoms with van der Waals surface area (Å²) < 4.78 is 0. The van der Waals surface area contributed by atoms with E-state index in [0.717, 1.165) is 0 Å². The number of hydrogen-bond donors (Lipinski definition) is 0. The molecule has 5 heavy (non-hydrogen) atoms. The Bertz CT molecular complexity index is 11.6. The van der Waals surface area contributed by atoms with Gasteiger partial charge in [-0.3, -0.25) is 0 Å². The molecule has 5 heteroatoms. The van der Waals surface area contributed by atoms with Gasteiger partial charge in [0.25, 0.3) is 0 Å². The predicted molar refractivity (Wildman–Crippen MR) is 17.6 cm³/mol. The molecule has 0 fully saturated rings. The Labute approximate surface area is 63.7 Å². The summed E-state index contributed by atoms with van der Waals surface area (Å²) in [7, 11) is 14.8. The summed E-state index contributed by atoms with van der Waals surface area (Å²) in [6.07, 6.45) is 0. The van der Waals surface area contributed by atoms with Crippen molar-refractivity contribution in [3.8, 4) is 0 Å². The topological polar surface area (TPSA) is 0 Å². The molecular formula is AgCl3Rh. The van der Waals surface area contributed by atoms with Gasteiger partial charge >= 0.3 is 42.1 Å². The van der Waals surface area contributed by atoms with Crippen LogP contribution in [0.15, 0.2) is 0 Å². The van der Waals surface area contributed by atoms with Gasteiger partial charge in [-0.1, -0.05) is 0 Å². The van der Waals surface area contributed by atoms with Crippen LogP contribution < -0.4 is 0 Å². The van der Waals surface area contributed by atoms with E-state index in [-0.39, 0.29) is 22.4 Å². The molecular weight excluding hydrogens is 317 g/mol. The van der Waals surface area contributed by atoms with Gasteiger partial charge in [0.15, 0.2) is 0 Å². The number of rotatable bonds is 0. The summed E-state index contributed by atoms with van der Waals surface area (Å²) in [5.41, 5.74) is 0. The summed E-state index contributed by atoms with van der Waals surface area (Å²) >= 11 is -1.66. The van der Waals surface area contributed by atoms with Crippen molar-refractivity contribution >= 4 is 29.1 Å². The van der Waals surface area contributed by atoms with Gasteiger partial charge in [0.05, 0.1) is 0 Å². The van der Waals surface area contributed by atoms with E-state index in [1.807, 2.05) is 0 Å². The third-order valence-corrected chi connectivity index (χ3v) is 0. The predicted octanol–water partition coefficient (Wildman–Crippen LogP) is 2.06. The summed E-state index contributed by atoms with van der Waals surface area (Å²) in [6.45, 7) is 0. The number of hydrogen-bond acceptors (Lipinski definition) is 0. The van der Waals surface area contributed by atoms with Gasteiger partial charge < -0.3 is 0 Å². The summed E-state index contributed by atoms with van der Waals surface area (Å²) in [6, 6.07) is 0. The molecule has 0 N–H and O–H groups in total. The van der Waals surface area contributed by atoms with Crippen molar-refractivity contribution in [1.29, 1.82) is 0 Å². The second-order valence-corrected chi connectivity index (χ2v) is 7.61. The molecule has 0 aliphatic rings. The maximum atomic E-state index is 4.94. The van der Waals surface area contributed by atoms with E-state index in [1.165, 1.54) is 0 Å². The fourth-order valence-corrected chi connectivity index (χ4v) is 0. The molecule has 0 aliphatic carbocycles. The van der Waals surface area contributed by atoms with Crippen molar-refractivity contribution in [2.45, 2.75) is 0 Å². The first-order chi connectivity index (χ1) is 1.73. The molecule has 0 amide bonds. The van der Waals surface area contributed by atoms with E-state index in [2.05, 4.69) is 0 Å². The van der Waals surface area contributed by atoms with Crippen molar-refractivity contribution in [2.24, 2.45) is 0 Å². The molecule has 0 bridgehead atoms. The second kappa shape index (κ2) is 6.23. The fourth-order valence-electron chi connectivity index (χ4n) is 0. The Morgan fingerprint density at radius 3 is 1.00 bits per heavy atom. The molecule has 0 aromatic rings. The zero-order chi connectivity index (χ0) is 3.58. The minimum atomic E-state index is -1.66. The first-order valence-electron chi connectivity index (χ1n) is 0.378. The third kappa shape index (κ3) is 22.4. The Kier molecular flexibility index (Phi) is 12.8. The minimum absolute atomic E-state index is 0. The molecule has 41 valence electrons. The van der Waals surface area contributed by atoms with Gasteiger partial charge in [0.1, 0.15) is 0 Å². The molecule has 0 saturated carbocycles. The zero-order valence-corrected chi connectivity index (χ0v) is 7.16. The van der Waals surface area contributed by atoms with E-state index < -0.39 is 13.0 Å². The van der Waals surface area contributed by atoms with Crippen LogP contribution in [0.2, 0.25) is 0 Å². The van der Waals surface area contributed by atoms with E-state index >= 15 is 0 Å². The Morgan fingerprint density at radius 1 is 1.00 bits per heavy atom. The third-order valence-electron chi connectivity index (χ3n) is 0. The van der Waals surface area contributed by atoms with Crippen LogP contribution in [0, 0.1) is 0 Å². The molecule has 0 heterocycles. The first-order valence-corrected chi connectivity index (χ1v) is 6.71. The van der Waals surface area contributed by atoms with Gasteiger partial charge in [-0.2, -0.15) is 0 Å². The Morgan fingerprint density at radius 2 is 1.00 bits per heavy atom. The van der Waals surface area contributed by atoms with Crippen LogP contribution in [0.1, 0.15) is 0 Å². The van der Waals surface area contributed by atoms with E-state index in [1.54, 1.807) is 0 Å². The van der Waals surface area contributed by atoms with Crippen molar-refractivity contribution in [1.82, 2.24) is 0 Å². The molecule has 0 unspecified atom stereocenters. The Balaban J connectivity index is 0. The molecule has 0 atom stereocenters. The van der Waals surface area contributed by atoms with Crippen LogP contribution in [-0.4, -0.2) is 0 Å². The molecule has 0 saturated heterocycles. The summed E-state index contributed by atoms with van der Waals surface area (Å²) in [5.74, 6) is 0. The Hall–Kier alpha value is 2.23. The van der Waals surface area contributed by atoms with Gasteiger partial charge in [0.2, 0.25) is 0 Å². The maximum absolute atomic E-state index is 4.94. The van der Waals surface area contributed by atoms with Gasteiger partial charge in [-0.15, -0.1) is 0 Å². The average Bonchev–Trinajstić information content (AvgIpc) is 0.811. The average molecular weight is 317 g/mol. The van der Waals surface area contributed by atoms with Crippen LogP contribution in [0.3, 0.4) is 0 Å². The first kappa shape index (κ1) is 10.3. The van der Waals surface area contributed by atoms with Crippen molar-refractivity contribution in [3.05, 3.63) is 0 Å². The second-order valence-electron chi connectivity index (χ2n) is 0.143. The quantitative estimate of drug-likeness (QED) is 0.600. The van der Waals surface area contributed by atoms with Crippen LogP contribution in [-0.2, 0) is 35.4 Å². The van der Waals surface area contributed by atoms with Gasteiger partial charge in [0, 0.05) is 22.4 Å². The van der Waals surface area contributed by atoms with Crippen LogP contribution in [0.4, 0.5) is 0 Å². The molecule has 0 rings (SSSR count). The summed E-state index contributed by atoms with van der Waals surface area (Å²) in [4.78, 5) is 0. The normalized spacial score (nSPS) is 9.00.